The van der Waals surface area contributed by atoms with Crippen LogP contribution in [-0.4, -0.2) is 56.7 Å². The molecule has 0 aliphatic carbocycles. The number of carbonyl (C=O) groups is 1. The maximum Gasteiger partial charge on any atom is 0.325 e. The van der Waals surface area contributed by atoms with E-state index in [9.17, 15) is 13.2 Å². The molecule has 0 N–H and O–H groups in total. The Morgan fingerprint density at radius 3 is 2.45 bits per heavy atom. The first-order chi connectivity index (χ1) is 13.9. The molecular formula is C21H24N2O5S. The Morgan fingerprint density at radius 1 is 1.03 bits per heavy atom. The summed E-state index contributed by atoms with van der Waals surface area (Å²) < 4.78 is 35.5. The summed E-state index contributed by atoms with van der Waals surface area (Å²) in [4.78, 5) is 16.6. The van der Waals surface area contributed by atoms with E-state index in [1.54, 1.807) is 41.2 Å². The average Bonchev–Trinajstić information content (AvgIpc) is 3.13. The van der Waals surface area contributed by atoms with Gasteiger partial charge in [-0.1, -0.05) is 12.1 Å². The van der Waals surface area contributed by atoms with Crippen molar-refractivity contribution in [2.45, 2.75) is 25.6 Å². The first-order valence-corrected chi connectivity index (χ1v) is 11.4. The second kappa shape index (κ2) is 7.59. The van der Waals surface area contributed by atoms with Gasteiger partial charge in [-0.2, -0.15) is 0 Å². The van der Waals surface area contributed by atoms with Crippen molar-refractivity contribution in [3.05, 3.63) is 54.1 Å². The van der Waals surface area contributed by atoms with Gasteiger partial charge in [-0.05, 0) is 48.9 Å². The van der Waals surface area contributed by atoms with Crippen LogP contribution in [0.5, 0.6) is 11.5 Å². The topological polar surface area (TPSA) is 76.2 Å². The monoisotopic (exact) mass is 416 g/mol. The van der Waals surface area contributed by atoms with Gasteiger partial charge >= 0.3 is 6.03 Å². The Kier molecular flexibility index (Phi) is 5.12. The largest absolute Gasteiger partial charge is 0.497 e. The van der Waals surface area contributed by atoms with Gasteiger partial charge in [0.1, 0.15) is 11.5 Å². The van der Waals surface area contributed by atoms with Crippen LogP contribution in [0.2, 0.25) is 0 Å². The van der Waals surface area contributed by atoms with E-state index in [1.165, 1.54) is 0 Å². The molecule has 0 bridgehead atoms. The van der Waals surface area contributed by atoms with Crippen molar-refractivity contribution in [3.63, 3.8) is 0 Å². The van der Waals surface area contributed by atoms with Gasteiger partial charge < -0.3 is 14.4 Å². The number of hydrogen-bond donors (Lipinski definition) is 0. The molecule has 0 saturated carbocycles. The van der Waals surface area contributed by atoms with Crippen molar-refractivity contribution in [2.75, 3.05) is 30.1 Å². The highest BCUT2D eigenvalue weighted by Gasteiger charge is 2.53. The first kappa shape index (κ1) is 19.6. The third-order valence-electron chi connectivity index (χ3n) is 5.39. The SMILES string of the molecule is CCOc1ccc(N2C(=O)N(Cc3cccc(OC)c3)[C@@H]3CS(=O)(=O)C[C@@H]32)cc1. The molecule has 4 rings (SSSR count). The van der Waals surface area contributed by atoms with E-state index >= 15 is 0 Å². The molecule has 0 aromatic heterocycles. The summed E-state index contributed by atoms with van der Waals surface area (Å²) in [6.45, 7) is 2.79. The van der Waals surface area contributed by atoms with E-state index in [4.69, 9.17) is 9.47 Å². The fourth-order valence-electron chi connectivity index (χ4n) is 4.10. The predicted molar refractivity (Wildman–Crippen MR) is 110 cm³/mol. The van der Waals surface area contributed by atoms with E-state index in [1.807, 2.05) is 31.2 Å². The second-order valence-corrected chi connectivity index (χ2v) is 9.42. The minimum Gasteiger partial charge on any atom is -0.497 e. The lowest BCUT2D eigenvalue weighted by Crippen LogP contribution is -2.37. The zero-order valence-corrected chi connectivity index (χ0v) is 17.3. The number of hydrogen-bond acceptors (Lipinski definition) is 5. The molecule has 2 atom stereocenters. The molecule has 2 aliphatic heterocycles. The number of methoxy groups -OCH3 is 1. The van der Waals surface area contributed by atoms with Gasteiger partial charge in [-0.15, -0.1) is 0 Å². The number of nitrogens with zero attached hydrogens (tertiary/aromatic N) is 2. The van der Waals surface area contributed by atoms with Crippen LogP contribution in [0.4, 0.5) is 10.5 Å². The Hall–Kier alpha value is -2.74. The quantitative estimate of drug-likeness (QED) is 0.677. The Bertz CT molecular complexity index is 1010. The Morgan fingerprint density at radius 2 is 1.76 bits per heavy atom. The summed E-state index contributed by atoms with van der Waals surface area (Å²) in [7, 11) is -1.62. The lowest BCUT2D eigenvalue weighted by atomic mass is 10.1. The maximum atomic E-state index is 13.3. The van der Waals surface area contributed by atoms with Crippen LogP contribution in [0, 0.1) is 0 Å². The lowest BCUT2D eigenvalue weighted by molar-refractivity contribution is 0.205. The van der Waals surface area contributed by atoms with E-state index in [-0.39, 0.29) is 23.6 Å². The Labute approximate surface area is 170 Å². The van der Waals surface area contributed by atoms with Crippen molar-refractivity contribution in [2.24, 2.45) is 0 Å². The van der Waals surface area contributed by atoms with Crippen molar-refractivity contribution >= 4 is 21.6 Å². The number of ether oxygens (including phenoxy) is 2. The standard InChI is InChI=1S/C21H24N2O5S/c1-3-28-17-9-7-16(8-10-17)23-20-14-29(25,26)13-19(20)22(21(23)24)12-15-5-4-6-18(11-15)27-2/h4-11,19-20H,3,12-14H2,1-2H3/t19-,20+/m1/s1. The summed E-state index contributed by atoms with van der Waals surface area (Å²) in [6.07, 6.45) is 0. The molecule has 8 heteroatoms. The van der Waals surface area contributed by atoms with Gasteiger partial charge in [-0.3, -0.25) is 4.90 Å². The molecule has 29 heavy (non-hydrogen) atoms. The summed E-state index contributed by atoms with van der Waals surface area (Å²) in [5.41, 5.74) is 1.58. The molecule has 0 spiro atoms. The van der Waals surface area contributed by atoms with Gasteiger partial charge in [-0.25, -0.2) is 13.2 Å². The molecule has 2 amide bonds. The highest BCUT2D eigenvalue weighted by molar-refractivity contribution is 7.91. The van der Waals surface area contributed by atoms with Crippen molar-refractivity contribution in [1.29, 1.82) is 0 Å². The smallest absolute Gasteiger partial charge is 0.325 e. The van der Waals surface area contributed by atoms with Gasteiger partial charge in [0, 0.05) is 12.2 Å². The van der Waals surface area contributed by atoms with Crippen LogP contribution in [0.1, 0.15) is 12.5 Å². The number of urea groups is 1. The molecular weight excluding hydrogens is 392 g/mol. The second-order valence-electron chi connectivity index (χ2n) is 7.27. The zero-order chi connectivity index (χ0) is 20.6. The van der Waals surface area contributed by atoms with Crippen molar-refractivity contribution in [3.8, 4) is 11.5 Å². The van der Waals surface area contributed by atoms with E-state index < -0.39 is 15.9 Å². The van der Waals surface area contributed by atoms with Crippen molar-refractivity contribution in [1.82, 2.24) is 4.90 Å². The molecule has 2 saturated heterocycles. The van der Waals surface area contributed by atoms with Crippen LogP contribution in [0.25, 0.3) is 0 Å². The fraction of sp³-hybridized carbons (Fsp3) is 0.381. The molecule has 2 aromatic carbocycles. The molecule has 2 fully saturated rings. The average molecular weight is 416 g/mol. The molecule has 2 aromatic rings. The van der Waals surface area contributed by atoms with Gasteiger partial charge in [0.25, 0.3) is 0 Å². The van der Waals surface area contributed by atoms with E-state index in [0.29, 0.717) is 30.3 Å². The predicted octanol–water partition coefficient (Wildman–Crippen LogP) is 2.70. The number of carbonyl (C=O) groups excluding carboxylic acids is 1. The van der Waals surface area contributed by atoms with E-state index in [2.05, 4.69) is 0 Å². The Balaban J connectivity index is 1.65. The minimum absolute atomic E-state index is 0.0130. The van der Waals surface area contributed by atoms with Crippen molar-refractivity contribution < 1.29 is 22.7 Å². The van der Waals surface area contributed by atoms with Gasteiger partial charge in [0.2, 0.25) is 0 Å². The number of sulfone groups is 1. The third-order valence-corrected chi connectivity index (χ3v) is 7.09. The molecule has 0 unspecified atom stereocenters. The van der Waals surface area contributed by atoms with Crippen LogP contribution in [-0.2, 0) is 16.4 Å². The molecule has 154 valence electrons. The number of anilines is 1. The molecule has 0 radical (unpaired) electrons. The maximum absolute atomic E-state index is 13.3. The molecule has 2 aliphatic rings. The summed E-state index contributed by atoms with van der Waals surface area (Å²) in [6, 6.07) is 13.7. The van der Waals surface area contributed by atoms with Gasteiger partial charge in [0.05, 0.1) is 37.3 Å². The van der Waals surface area contributed by atoms with Crippen LogP contribution in [0.3, 0.4) is 0 Å². The minimum atomic E-state index is -3.21. The summed E-state index contributed by atoms with van der Waals surface area (Å²) in [5, 5.41) is 0. The van der Waals surface area contributed by atoms with Crippen LogP contribution < -0.4 is 14.4 Å². The number of amides is 2. The highest BCUT2D eigenvalue weighted by Crippen LogP contribution is 2.36. The zero-order valence-electron chi connectivity index (χ0n) is 16.4. The fourth-order valence-corrected chi connectivity index (χ4v) is 6.05. The number of fused-ring (bicyclic) bond motifs is 1. The third kappa shape index (κ3) is 3.76. The molecule has 7 nitrogen and oxygen atoms in total. The van der Waals surface area contributed by atoms with Crippen LogP contribution >= 0.6 is 0 Å². The number of rotatable bonds is 6. The van der Waals surface area contributed by atoms with E-state index in [0.717, 1.165) is 5.56 Å². The number of benzene rings is 2. The first-order valence-electron chi connectivity index (χ1n) is 9.58. The highest BCUT2D eigenvalue weighted by atomic mass is 32.2. The summed E-state index contributed by atoms with van der Waals surface area (Å²) >= 11 is 0. The summed E-state index contributed by atoms with van der Waals surface area (Å²) in [5.74, 6) is 1.38. The lowest BCUT2D eigenvalue weighted by Gasteiger charge is -2.23. The van der Waals surface area contributed by atoms with Gasteiger partial charge in [0.15, 0.2) is 9.84 Å². The normalized spacial score (nSPS) is 22.6. The van der Waals surface area contributed by atoms with Crippen LogP contribution in [0.15, 0.2) is 48.5 Å². The molecule has 2 heterocycles.